The van der Waals surface area contributed by atoms with E-state index in [1.165, 1.54) is 65.9 Å². The fourth-order valence-corrected chi connectivity index (χ4v) is 5.36. The quantitative estimate of drug-likeness (QED) is 0.604. The topological polar surface area (TPSA) is 15.3 Å². The van der Waals surface area contributed by atoms with Gasteiger partial charge in [-0.3, -0.25) is 0 Å². The van der Waals surface area contributed by atoms with E-state index in [1.54, 1.807) is 0 Å². The lowest BCUT2D eigenvalue weighted by Crippen LogP contribution is -2.43. The molecule has 0 aliphatic carbocycles. The number of benzene rings is 2. The monoisotopic (exact) mass is 406 g/mol. The maximum Gasteiger partial charge on any atom is 0.0424 e. The van der Waals surface area contributed by atoms with Crippen LogP contribution in [0.25, 0.3) is 0 Å². The van der Waals surface area contributed by atoms with Crippen LogP contribution in [0.4, 0.5) is 5.69 Å². The summed E-state index contributed by atoms with van der Waals surface area (Å²) in [7, 11) is 0. The van der Waals surface area contributed by atoms with E-state index < -0.39 is 0 Å². The number of aryl methyl sites for hydroxylation is 2. The Morgan fingerprint density at radius 3 is 2.55 bits per heavy atom. The molecule has 2 nitrogen and oxygen atoms in total. The van der Waals surface area contributed by atoms with Crippen molar-refractivity contribution in [2.75, 3.05) is 31.2 Å². The van der Waals surface area contributed by atoms with Crippen molar-refractivity contribution in [3.63, 3.8) is 0 Å². The largest absolute Gasteiger partial charge is 0.358 e. The summed E-state index contributed by atoms with van der Waals surface area (Å²) in [5.41, 5.74) is 8.34. The average Bonchev–Trinajstić information content (AvgIpc) is 3.00. The summed E-state index contributed by atoms with van der Waals surface area (Å²) in [5, 5.41) is 4.15. The lowest BCUT2D eigenvalue weighted by atomic mass is 9.72. The Hall–Kier alpha value is -1.71. The third-order valence-electron chi connectivity index (χ3n) is 7.01. The number of piperidine rings is 1. The smallest absolute Gasteiger partial charge is 0.0424 e. The molecule has 29 heavy (non-hydrogen) atoms. The van der Waals surface area contributed by atoms with E-state index in [-0.39, 0.29) is 5.41 Å². The zero-order valence-electron chi connectivity index (χ0n) is 18.1. The maximum absolute atomic E-state index is 4.40. The van der Waals surface area contributed by atoms with Gasteiger partial charge in [0.1, 0.15) is 0 Å². The standard InChI is InChI=1S/C26H34N2S/c1-19-7-12-25-24(18-19)26(21(3)27-25)13-16-28(17-14-26)15-5-6-22-8-10-23(11-9-22)20(2)29-4/h7-12,18,20,27H,3,5-6,13-17H2,1-2,4H3. The van der Waals surface area contributed by atoms with Gasteiger partial charge in [0.2, 0.25) is 0 Å². The zero-order valence-corrected chi connectivity index (χ0v) is 18.9. The summed E-state index contributed by atoms with van der Waals surface area (Å²) < 4.78 is 0. The van der Waals surface area contributed by atoms with E-state index in [4.69, 9.17) is 0 Å². The third kappa shape index (κ3) is 4.13. The summed E-state index contributed by atoms with van der Waals surface area (Å²) in [5.74, 6) is 0. The summed E-state index contributed by atoms with van der Waals surface area (Å²) in [6, 6.07) is 16.0. The predicted molar refractivity (Wildman–Crippen MR) is 128 cm³/mol. The molecule has 2 heterocycles. The van der Waals surface area contributed by atoms with Gasteiger partial charge in [-0.15, -0.1) is 0 Å². The molecule has 2 aliphatic heterocycles. The lowest BCUT2D eigenvalue weighted by molar-refractivity contribution is 0.179. The van der Waals surface area contributed by atoms with Gasteiger partial charge >= 0.3 is 0 Å². The van der Waals surface area contributed by atoms with Crippen LogP contribution in [0.1, 0.15) is 53.7 Å². The summed E-state index contributed by atoms with van der Waals surface area (Å²) in [6.45, 7) is 12.4. The van der Waals surface area contributed by atoms with Gasteiger partial charge in [-0.2, -0.15) is 11.8 Å². The Morgan fingerprint density at radius 1 is 1.14 bits per heavy atom. The Kier molecular flexibility index (Phi) is 6.08. The minimum absolute atomic E-state index is 0.141. The molecule has 4 rings (SSSR count). The number of hydrogen-bond acceptors (Lipinski definition) is 3. The molecular weight excluding hydrogens is 372 g/mol. The maximum atomic E-state index is 4.40. The Labute approximate surface area is 180 Å². The number of nitrogens with zero attached hydrogens (tertiary/aromatic N) is 1. The second-order valence-electron chi connectivity index (χ2n) is 8.80. The van der Waals surface area contributed by atoms with Gasteiger partial charge in [0.15, 0.2) is 0 Å². The molecule has 1 atom stereocenters. The van der Waals surface area contributed by atoms with Crippen molar-refractivity contribution in [1.82, 2.24) is 4.90 Å². The second kappa shape index (κ2) is 8.57. The first-order valence-corrected chi connectivity index (χ1v) is 12.2. The Morgan fingerprint density at radius 2 is 1.86 bits per heavy atom. The third-order valence-corrected chi connectivity index (χ3v) is 7.99. The molecule has 154 valence electrons. The average molecular weight is 407 g/mol. The summed E-state index contributed by atoms with van der Waals surface area (Å²) >= 11 is 1.91. The van der Waals surface area contributed by atoms with Crippen LogP contribution < -0.4 is 5.32 Å². The highest BCUT2D eigenvalue weighted by molar-refractivity contribution is 7.98. The number of fused-ring (bicyclic) bond motifs is 2. The minimum atomic E-state index is 0.141. The molecule has 0 bridgehead atoms. The van der Waals surface area contributed by atoms with Crippen LogP contribution in [0.5, 0.6) is 0 Å². The molecule has 1 fully saturated rings. The van der Waals surface area contributed by atoms with Crippen LogP contribution in [0.2, 0.25) is 0 Å². The number of thioether (sulfide) groups is 1. The number of likely N-dealkylation sites (tertiary alicyclic amines) is 1. The van der Waals surface area contributed by atoms with Gasteiger partial charge in [-0.1, -0.05) is 48.5 Å². The fraction of sp³-hybridized carbons (Fsp3) is 0.462. The van der Waals surface area contributed by atoms with E-state index in [0.29, 0.717) is 5.25 Å². The predicted octanol–water partition coefficient (Wildman–Crippen LogP) is 6.32. The summed E-state index contributed by atoms with van der Waals surface area (Å²) in [6.07, 6.45) is 6.94. The number of allylic oxidation sites excluding steroid dienone is 1. The molecule has 0 saturated carbocycles. The van der Waals surface area contributed by atoms with Crippen molar-refractivity contribution in [3.8, 4) is 0 Å². The number of anilines is 1. The molecule has 3 heteroatoms. The van der Waals surface area contributed by atoms with E-state index >= 15 is 0 Å². The SMILES string of the molecule is C=C1Nc2ccc(C)cc2C12CCN(CCCc1ccc(C(C)SC)cc1)CC2. The van der Waals surface area contributed by atoms with Crippen molar-refractivity contribution < 1.29 is 0 Å². The van der Waals surface area contributed by atoms with Crippen molar-refractivity contribution in [3.05, 3.63) is 77.0 Å². The molecule has 1 unspecified atom stereocenters. The highest BCUT2D eigenvalue weighted by Crippen LogP contribution is 2.49. The van der Waals surface area contributed by atoms with E-state index in [9.17, 15) is 0 Å². The molecule has 1 N–H and O–H groups in total. The second-order valence-corrected chi connectivity index (χ2v) is 9.98. The molecule has 0 amide bonds. The fourth-order valence-electron chi connectivity index (χ4n) is 4.94. The van der Waals surface area contributed by atoms with E-state index in [1.807, 2.05) is 11.8 Å². The molecule has 2 aromatic rings. The summed E-state index contributed by atoms with van der Waals surface area (Å²) in [4.78, 5) is 2.65. The molecule has 1 saturated heterocycles. The molecule has 1 spiro atoms. The van der Waals surface area contributed by atoms with Crippen LogP contribution in [0.15, 0.2) is 54.7 Å². The van der Waals surface area contributed by atoms with Crippen LogP contribution in [0, 0.1) is 6.92 Å². The normalized spacial score (nSPS) is 19.2. The molecule has 0 radical (unpaired) electrons. The van der Waals surface area contributed by atoms with Crippen LogP contribution in [-0.2, 0) is 11.8 Å². The van der Waals surface area contributed by atoms with E-state index in [2.05, 4.69) is 79.4 Å². The van der Waals surface area contributed by atoms with Gasteiger partial charge in [-0.25, -0.2) is 0 Å². The van der Waals surface area contributed by atoms with Gasteiger partial charge < -0.3 is 10.2 Å². The zero-order chi connectivity index (χ0) is 20.4. The highest BCUT2D eigenvalue weighted by Gasteiger charge is 2.44. The lowest BCUT2D eigenvalue weighted by Gasteiger charge is -2.40. The first kappa shape index (κ1) is 20.6. The van der Waals surface area contributed by atoms with Crippen LogP contribution in [-0.4, -0.2) is 30.8 Å². The van der Waals surface area contributed by atoms with Crippen molar-refractivity contribution in [1.29, 1.82) is 0 Å². The Balaban J connectivity index is 1.30. The first-order chi connectivity index (χ1) is 14.0. The van der Waals surface area contributed by atoms with Crippen LogP contribution >= 0.6 is 11.8 Å². The van der Waals surface area contributed by atoms with Gasteiger partial charge in [0.05, 0.1) is 0 Å². The number of nitrogens with one attached hydrogen (secondary N) is 1. The minimum Gasteiger partial charge on any atom is -0.358 e. The molecular formula is C26H34N2S. The van der Waals surface area contributed by atoms with E-state index in [0.717, 1.165) is 13.1 Å². The van der Waals surface area contributed by atoms with Crippen molar-refractivity contribution in [2.45, 2.75) is 50.2 Å². The first-order valence-electron chi connectivity index (χ1n) is 10.9. The Bertz CT molecular complexity index is 863. The molecule has 0 aromatic heterocycles. The number of rotatable bonds is 6. The molecule has 2 aromatic carbocycles. The highest BCUT2D eigenvalue weighted by atomic mass is 32.2. The van der Waals surface area contributed by atoms with Gasteiger partial charge in [0, 0.05) is 22.0 Å². The number of hydrogen-bond donors (Lipinski definition) is 1. The molecule has 2 aliphatic rings. The van der Waals surface area contributed by atoms with Gasteiger partial charge in [0.25, 0.3) is 0 Å². The van der Waals surface area contributed by atoms with Crippen LogP contribution in [0.3, 0.4) is 0 Å². The van der Waals surface area contributed by atoms with Gasteiger partial charge in [-0.05, 0) is 88.2 Å². The van der Waals surface area contributed by atoms with Crippen molar-refractivity contribution >= 4 is 17.4 Å². The van der Waals surface area contributed by atoms with Crippen molar-refractivity contribution in [2.24, 2.45) is 0 Å².